The Balaban J connectivity index is 1.93. The lowest BCUT2D eigenvalue weighted by atomic mass is 10.1. The van der Waals surface area contributed by atoms with Gasteiger partial charge in [0.2, 0.25) is 10.0 Å². The average molecular weight is 376 g/mol. The molecule has 0 saturated heterocycles. The molecule has 0 unspecified atom stereocenters. The molecule has 0 aliphatic carbocycles. The first-order chi connectivity index (χ1) is 12.2. The van der Waals surface area contributed by atoms with Crippen LogP contribution in [0, 0.1) is 12.7 Å². The van der Waals surface area contributed by atoms with Crippen LogP contribution in [0.15, 0.2) is 51.8 Å². The molecule has 0 radical (unpaired) electrons. The van der Waals surface area contributed by atoms with E-state index in [2.05, 4.69) is 5.32 Å². The molecule has 0 saturated carbocycles. The van der Waals surface area contributed by atoms with E-state index in [0.717, 1.165) is 4.31 Å². The fraction of sp³-hybridized carbons (Fsp3) is 0.167. The molecule has 0 bridgehead atoms. The monoisotopic (exact) mass is 376 g/mol. The second-order valence-corrected chi connectivity index (χ2v) is 8.12. The van der Waals surface area contributed by atoms with Crippen molar-refractivity contribution < 1.29 is 22.0 Å². The number of nitrogens with one attached hydrogen (secondary N) is 1. The number of sulfonamides is 1. The summed E-state index contributed by atoms with van der Waals surface area (Å²) in [6.07, 6.45) is 0. The number of carbonyl (C=O) groups excluding carboxylic acids is 1. The van der Waals surface area contributed by atoms with E-state index in [4.69, 9.17) is 4.42 Å². The van der Waals surface area contributed by atoms with Crippen molar-refractivity contribution in [2.24, 2.45) is 0 Å². The van der Waals surface area contributed by atoms with Crippen LogP contribution in [0.2, 0.25) is 0 Å². The zero-order valence-corrected chi connectivity index (χ0v) is 15.2. The standard InChI is InChI=1S/C18H17FN2O4S/c1-11-15-9-12(19)7-8-16(15)25-17(11)18(22)20-13-5-4-6-14(10-13)26(23,24)21(2)3/h4-10H,1-3H3,(H,20,22). The summed E-state index contributed by atoms with van der Waals surface area (Å²) in [6, 6.07) is 9.93. The third kappa shape index (κ3) is 3.21. The Morgan fingerprint density at radius 1 is 1.15 bits per heavy atom. The fourth-order valence-electron chi connectivity index (χ4n) is 2.54. The zero-order valence-electron chi connectivity index (χ0n) is 14.4. The summed E-state index contributed by atoms with van der Waals surface area (Å²) in [5.74, 6) is -0.917. The fourth-order valence-corrected chi connectivity index (χ4v) is 3.49. The van der Waals surface area contributed by atoms with E-state index >= 15 is 0 Å². The molecule has 0 spiro atoms. The van der Waals surface area contributed by atoms with Crippen molar-refractivity contribution in [3.8, 4) is 0 Å². The van der Waals surface area contributed by atoms with Crippen LogP contribution in [-0.2, 0) is 10.0 Å². The molecule has 0 atom stereocenters. The predicted octanol–water partition coefficient (Wildman–Crippen LogP) is 3.38. The van der Waals surface area contributed by atoms with Crippen molar-refractivity contribution in [1.29, 1.82) is 0 Å². The molecule has 0 fully saturated rings. The van der Waals surface area contributed by atoms with Crippen molar-refractivity contribution in [2.45, 2.75) is 11.8 Å². The van der Waals surface area contributed by atoms with Crippen LogP contribution in [0.3, 0.4) is 0 Å². The smallest absolute Gasteiger partial charge is 0.291 e. The lowest BCUT2D eigenvalue weighted by Gasteiger charge is -2.12. The summed E-state index contributed by atoms with van der Waals surface area (Å²) in [7, 11) is -0.760. The molecule has 0 aliphatic heterocycles. The number of carbonyl (C=O) groups is 1. The van der Waals surface area contributed by atoms with Gasteiger partial charge in [-0.3, -0.25) is 4.79 Å². The van der Waals surface area contributed by atoms with Crippen molar-refractivity contribution >= 4 is 32.6 Å². The van der Waals surface area contributed by atoms with Crippen molar-refractivity contribution in [3.63, 3.8) is 0 Å². The first-order valence-electron chi connectivity index (χ1n) is 7.73. The number of benzene rings is 2. The lowest BCUT2D eigenvalue weighted by Crippen LogP contribution is -2.22. The minimum absolute atomic E-state index is 0.0477. The number of furan rings is 1. The predicted molar refractivity (Wildman–Crippen MR) is 96.2 cm³/mol. The number of rotatable bonds is 4. The molecule has 1 aromatic heterocycles. The Morgan fingerprint density at radius 3 is 2.58 bits per heavy atom. The molecule has 3 rings (SSSR count). The Hall–Kier alpha value is -2.71. The number of aryl methyl sites for hydroxylation is 1. The molecule has 1 amide bonds. The van der Waals surface area contributed by atoms with E-state index in [-0.39, 0.29) is 10.7 Å². The summed E-state index contributed by atoms with van der Waals surface area (Å²) < 4.78 is 44.4. The molecular formula is C18H17FN2O4S. The number of fused-ring (bicyclic) bond motifs is 1. The molecule has 6 nitrogen and oxygen atoms in total. The first-order valence-corrected chi connectivity index (χ1v) is 9.17. The van der Waals surface area contributed by atoms with Crippen LogP contribution in [-0.4, -0.2) is 32.7 Å². The number of anilines is 1. The summed E-state index contributed by atoms with van der Waals surface area (Å²) in [5.41, 5.74) is 1.22. The highest BCUT2D eigenvalue weighted by atomic mass is 32.2. The number of halogens is 1. The minimum atomic E-state index is -3.62. The summed E-state index contributed by atoms with van der Waals surface area (Å²) in [6.45, 7) is 1.66. The van der Waals surface area contributed by atoms with Crippen LogP contribution in [0.4, 0.5) is 10.1 Å². The number of nitrogens with zero attached hydrogens (tertiary/aromatic N) is 1. The van der Waals surface area contributed by atoms with Gasteiger partial charge in [-0.05, 0) is 43.3 Å². The van der Waals surface area contributed by atoms with Gasteiger partial charge in [-0.2, -0.15) is 0 Å². The molecule has 1 heterocycles. The molecule has 26 heavy (non-hydrogen) atoms. The van der Waals surface area contributed by atoms with E-state index in [9.17, 15) is 17.6 Å². The van der Waals surface area contributed by atoms with E-state index in [0.29, 0.717) is 22.2 Å². The molecule has 8 heteroatoms. The van der Waals surface area contributed by atoms with E-state index < -0.39 is 21.7 Å². The van der Waals surface area contributed by atoms with Gasteiger partial charge >= 0.3 is 0 Å². The highest BCUT2D eigenvalue weighted by Gasteiger charge is 2.20. The van der Waals surface area contributed by atoms with Crippen LogP contribution < -0.4 is 5.32 Å². The van der Waals surface area contributed by atoms with Crippen LogP contribution in [0.25, 0.3) is 11.0 Å². The molecule has 1 N–H and O–H groups in total. The van der Waals surface area contributed by atoms with Gasteiger partial charge in [0.15, 0.2) is 5.76 Å². The molecule has 2 aromatic carbocycles. The van der Waals surface area contributed by atoms with E-state index in [1.54, 1.807) is 13.0 Å². The van der Waals surface area contributed by atoms with Gasteiger partial charge in [0.25, 0.3) is 5.91 Å². The summed E-state index contributed by atoms with van der Waals surface area (Å²) in [5, 5.41) is 3.13. The van der Waals surface area contributed by atoms with Crippen molar-refractivity contribution in [2.75, 3.05) is 19.4 Å². The highest BCUT2D eigenvalue weighted by Crippen LogP contribution is 2.27. The van der Waals surface area contributed by atoms with Gasteiger partial charge in [-0.1, -0.05) is 6.07 Å². The van der Waals surface area contributed by atoms with Crippen LogP contribution in [0.5, 0.6) is 0 Å². The lowest BCUT2D eigenvalue weighted by molar-refractivity contribution is 0.0998. The second kappa shape index (κ2) is 6.54. The number of hydrogen-bond donors (Lipinski definition) is 1. The largest absolute Gasteiger partial charge is 0.451 e. The summed E-state index contributed by atoms with van der Waals surface area (Å²) >= 11 is 0. The van der Waals surface area contributed by atoms with Gasteiger partial charge < -0.3 is 9.73 Å². The third-order valence-electron chi connectivity index (χ3n) is 3.97. The van der Waals surface area contributed by atoms with Crippen molar-refractivity contribution in [3.05, 3.63) is 59.6 Å². The molecular weight excluding hydrogens is 359 g/mol. The van der Waals surface area contributed by atoms with E-state index in [1.165, 1.54) is 50.5 Å². The molecule has 3 aromatic rings. The van der Waals surface area contributed by atoms with Crippen LogP contribution >= 0.6 is 0 Å². The maximum atomic E-state index is 13.4. The Bertz CT molecular complexity index is 1100. The molecule has 0 aliphatic rings. The van der Waals surface area contributed by atoms with Crippen LogP contribution in [0.1, 0.15) is 16.1 Å². The molecule has 136 valence electrons. The third-order valence-corrected chi connectivity index (χ3v) is 5.79. The topological polar surface area (TPSA) is 79.6 Å². The maximum Gasteiger partial charge on any atom is 0.291 e. The van der Waals surface area contributed by atoms with Gasteiger partial charge in [-0.25, -0.2) is 17.1 Å². The number of hydrogen-bond acceptors (Lipinski definition) is 4. The Labute approximate surface area is 150 Å². The average Bonchev–Trinajstić information content (AvgIpc) is 2.91. The quantitative estimate of drug-likeness (QED) is 0.757. The second-order valence-electron chi connectivity index (χ2n) is 5.97. The summed E-state index contributed by atoms with van der Waals surface area (Å²) in [4.78, 5) is 12.6. The van der Waals surface area contributed by atoms with Gasteiger partial charge in [-0.15, -0.1) is 0 Å². The number of amides is 1. The maximum absolute atomic E-state index is 13.4. The van der Waals surface area contributed by atoms with Gasteiger partial charge in [0.1, 0.15) is 11.4 Å². The first kappa shape index (κ1) is 18.1. The van der Waals surface area contributed by atoms with Crippen molar-refractivity contribution in [1.82, 2.24) is 4.31 Å². The highest BCUT2D eigenvalue weighted by molar-refractivity contribution is 7.89. The Morgan fingerprint density at radius 2 is 1.88 bits per heavy atom. The normalized spacial score (nSPS) is 11.9. The van der Waals surface area contributed by atoms with E-state index in [1.807, 2.05) is 0 Å². The van der Waals surface area contributed by atoms with Gasteiger partial charge in [0, 0.05) is 30.7 Å². The SMILES string of the molecule is Cc1c(C(=O)Nc2cccc(S(=O)(=O)N(C)C)c2)oc2ccc(F)cc12. The Kier molecular flexibility index (Phi) is 4.55. The van der Waals surface area contributed by atoms with Gasteiger partial charge in [0.05, 0.1) is 4.90 Å². The minimum Gasteiger partial charge on any atom is -0.451 e. The zero-order chi connectivity index (χ0) is 19.1.